The average molecular weight is 233 g/mol. The lowest BCUT2D eigenvalue weighted by molar-refractivity contribution is -0.0400. The molecule has 1 saturated heterocycles. The zero-order valence-electron chi connectivity index (χ0n) is 9.15. The van der Waals surface area contributed by atoms with Gasteiger partial charge < -0.3 is 10.2 Å². The van der Waals surface area contributed by atoms with Gasteiger partial charge in [0.25, 0.3) is 0 Å². The Labute approximate surface area is 102 Å². The molecule has 2 aliphatic heterocycles. The van der Waals surface area contributed by atoms with E-state index in [9.17, 15) is 0 Å². The molecule has 0 saturated carbocycles. The molecule has 4 nitrogen and oxygen atoms in total. The molecule has 1 spiro atoms. The average Bonchev–Trinajstić information content (AvgIpc) is 2.75. The van der Waals surface area contributed by atoms with Crippen molar-refractivity contribution in [2.45, 2.75) is 32.3 Å². The van der Waals surface area contributed by atoms with Crippen molar-refractivity contribution < 1.29 is 4.84 Å². The van der Waals surface area contributed by atoms with Crippen LogP contribution in [0.15, 0.2) is 29.7 Å². The molecule has 1 aromatic rings. The SMILES string of the molecule is C.c1cc(C2=NOC3(CCNCC3)C2)ccn1. The first-order valence-electron chi connectivity index (χ1n) is 5.74. The zero-order valence-corrected chi connectivity index (χ0v) is 9.15. The van der Waals surface area contributed by atoms with Gasteiger partial charge >= 0.3 is 0 Å². The topological polar surface area (TPSA) is 46.5 Å². The van der Waals surface area contributed by atoms with Crippen molar-refractivity contribution >= 4 is 5.71 Å². The molecule has 0 atom stereocenters. The second kappa shape index (κ2) is 4.84. The summed E-state index contributed by atoms with van der Waals surface area (Å²) in [5.74, 6) is 0. The summed E-state index contributed by atoms with van der Waals surface area (Å²) in [6.07, 6.45) is 6.62. The van der Waals surface area contributed by atoms with Crippen LogP contribution in [0.1, 0.15) is 32.3 Å². The first-order valence-corrected chi connectivity index (χ1v) is 5.74. The predicted octanol–water partition coefficient (Wildman–Crippen LogP) is 1.96. The first kappa shape index (κ1) is 12.0. The first-order chi connectivity index (χ1) is 7.88. The van der Waals surface area contributed by atoms with Gasteiger partial charge in [-0.2, -0.15) is 0 Å². The summed E-state index contributed by atoms with van der Waals surface area (Å²) in [6.45, 7) is 2.05. The normalized spacial score (nSPS) is 21.5. The molecule has 2 aliphatic rings. The minimum absolute atomic E-state index is 0. The molecule has 1 N–H and O–H groups in total. The van der Waals surface area contributed by atoms with Crippen molar-refractivity contribution in [2.24, 2.45) is 5.16 Å². The van der Waals surface area contributed by atoms with Gasteiger partial charge in [0.15, 0.2) is 0 Å². The van der Waals surface area contributed by atoms with Gasteiger partial charge in [0, 0.05) is 37.2 Å². The second-order valence-corrected chi connectivity index (χ2v) is 4.47. The molecule has 0 bridgehead atoms. The van der Waals surface area contributed by atoms with Gasteiger partial charge in [0.1, 0.15) is 5.60 Å². The van der Waals surface area contributed by atoms with E-state index >= 15 is 0 Å². The van der Waals surface area contributed by atoms with Crippen LogP contribution in [0.4, 0.5) is 0 Å². The highest BCUT2D eigenvalue weighted by molar-refractivity contribution is 6.01. The van der Waals surface area contributed by atoms with Crippen molar-refractivity contribution in [1.82, 2.24) is 10.3 Å². The van der Waals surface area contributed by atoms with Gasteiger partial charge in [-0.25, -0.2) is 0 Å². The standard InChI is InChI=1S/C12H15N3O.CH4/c1-5-13-6-2-10(1)11-9-12(16-15-11)3-7-14-8-4-12;/h1-2,5-6,14H,3-4,7-9H2;1H4. The van der Waals surface area contributed by atoms with E-state index in [4.69, 9.17) is 4.84 Å². The molecule has 0 aromatic carbocycles. The monoisotopic (exact) mass is 233 g/mol. The minimum Gasteiger partial charge on any atom is -0.388 e. The third kappa shape index (κ3) is 2.31. The summed E-state index contributed by atoms with van der Waals surface area (Å²) in [4.78, 5) is 9.69. The Kier molecular flexibility index (Phi) is 3.43. The van der Waals surface area contributed by atoms with E-state index in [1.54, 1.807) is 12.4 Å². The van der Waals surface area contributed by atoms with Crippen LogP contribution in [0.3, 0.4) is 0 Å². The number of pyridine rings is 1. The summed E-state index contributed by atoms with van der Waals surface area (Å²) < 4.78 is 0. The number of aromatic nitrogens is 1. The van der Waals surface area contributed by atoms with E-state index < -0.39 is 0 Å². The Morgan fingerprint density at radius 1 is 1.18 bits per heavy atom. The fourth-order valence-electron chi connectivity index (χ4n) is 2.37. The number of hydrogen-bond donors (Lipinski definition) is 1. The minimum atomic E-state index is -0.0378. The maximum absolute atomic E-state index is 5.68. The fraction of sp³-hybridized carbons (Fsp3) is 0.538. The Morgan fingerprint density at radius 2 is 1.88 bits per heavy atom. The third-order valence-electron chi connectivity index (χ3n) is 3.37. The highest BCUT2D eigenvalue weighted by atomic mass is 16.7. The molecule has 0 radical (unpaired) electrons. The number of piperidine rings is 1. The zero-order chi connectivity index (χ0) is 10.8. The Bertz CT molecular complexity index is 396. The molecule has 0 aliphatic carbocycles. The van der Waals surface area contributed by atoms with Gasteiger partial charge in [0.2, 0.25) is 0 Å². The summed E-state index contributed by atoms with van der Waals surface area (Å²) >= 11 is 0. The van der Waals surface area contributed by atoms with Crippen LogP contribution >= 0.6 is 0 Å². The fourth-order valence-corrected chi connectivity index (χ4v) is 2.37. The molecule has 3 heterocycles. The highest BCUT2D eigenvalue weighted by Crippen LogP contribution is 2.33. The van der Waals surface area contributed by atoms with Crippen molar-refractivity contribution in [3.05, 3.63) is 30.1 Å². The van der Waals surface area contributed by atoms with E-state index in [0.717, 1.165) is 43.6 Å². The summed E-state index contributed by atoms with van der Waals surface area (Å²) in [5.41, 5.74) is 2.15. The summed E-state index contributed by atoms with van der Waals surface area (Å²) in [7, 11) is 0. The lowest BCUT2D eigenvalue weighted by Crippen LogP contribution is -2.42. The Morgan fingerprint density at radius 3 is 2.59 bits per heavy atom. The third-order valence-corrected chi connectivity index (χ3v) is 3.37. The van der Waals surface area contributed by atoms with Crippen molar-refractivity contribution in [2.75, 3.05) is 13.1 Å². The highest BCUT2D eigenvalue weighted by Gasteiger charge is 2.40. The van der Waals surface area contributed by atoms with Crippen molar-refractivity contribution in [3.8, 4) is 0 Å². The maximum atomic E-state index is 5.68. The molecule has 3 rings (SSSR count). The lowest BCUT2D eigenvalue weighted by Gasteiger charge is -2.30. The molecule has 1 fully saturated rings. The molecular weight excluding hydrogens is 214 g/mol. The van der Waals surface area contributed by atoms with Crippen LogP contribution in [0.25, 0.3) is 0 Å². The van der Waals surface area contributed by atoms with Crippen molar-refractivity contribution in [1.29, 1.82) is 0 Å². The number of rotatable bonds is 1. The smallest absolute Gasteiger partial charge is 0.145 e. The van der Waals surface area contributed by atoms with Crippen LogP contribution < -0.4 is 5.32 Å². The number of oxime groups is 1. The van der Waals surface area contributed by atoms with E-state index in [1.807, 2.05) is 12.1 Å². The number of nitrogens with one attached hydrogen (secondary N) is 1. The molecule has 0 amide bonds. The van der Waals surface area contributed by atoms with Gasteiger partial charge in [-0.15, -0.1) is 0 Å². The van der Waals surface area contributed by atoms with E-state index in [1.165, 1.54) is 0 Å². The van der Waals surface area contributed by atoms with E-state index in [-0.39, 0.29) is 13.0 Å². The molecule has 92 valence electrons. The van der Waals surface area contributed by atoms with Crippen LogP contribution in [0.2, 0.25) is 0 Å². The van der Waals surface area contributed by atoms with Gasteiger partial charge in [0.05, 0.1) is 5.71 Å². The Balaban J connectivity index is 0.00000108. The van der Waals surface area contributed by atoms with Gasteiger partial charge in [-0.3, -0.25) is 4.98 Å². The number of hydrogen-bond acceptors (Lipinski definition) is 4. The maximum Gasteiger partial charge on any atom is 0.145 e. The van der Waals surface area contributed by atoms with Crippen LogP contribution in [0.5, 0.6) is 0 Å². The molecule has 4 heteroatoms. The summed E-state index contributed by atoms with van der Waals surface area (Å²) in [5, 5.41) is 7.59. The van der Waals surface area contributed by atoms with Crippen LogP contribution in [-0.4, -0.2) is 29.4 Å². The predicted molar refractivity (Wildman–Crippen MR) is 68.0 cm³/mol. The number of nitrogens with zero attached hydrogens (tertiary/aromatic N) is 2. The van der Waals surface area contributed by atoms with E-state index in [0.29, 0.717) is 0 Å². The molecule has 1 aromatic heterocycles. The summed E-state index contributed by atoms with van der Waals surface area (Å²) in [6, 6.07) is 3.98. The molecule has 17 heavy (non-hydrogen) atoms. The lowest BCUT2D eigenvalue weighted by atomic mass is 9.86. The van der Waals surface area contributed by atoms with Crippen molar-refractivity contribution in [3.63, 3.8) is 0 Å². The van der Waals surface area contributed by atoms with E-state index in [2.05, 4.69) is 15.5 Å². The van der Waals surface area contributed by atoms with Gasteiger partial charge in [-0.05, 0) is 25.2 Å². The largest absolute Gasteiger partial charge is 0.388 e. The second-order valence-electron chi connectivity index (χ2n) is 4.47. The van der Waals surface area contributed by atoms with Crippen LogP contribution in [0, 0.1) is 0 Å². The molecule has 0 unspecified atom stereocenters. The van der Waals surface area contributed by atoms with Crippen LogP contribution in [-0.2, 0) is 4.84 Å². The van der Waals surface area contributed by atoms with Gasteiger partial charge in [-0.1, -0.05) is 12.6 Å². The molecular formula is C13H19N3O. The quantitative estimate of drug-likeness (QED) is 0.806. The Hall–Kier alpha value is -1.42.